The predicted octanol–water partition coefficient (Wildman–Crippen LogP) is 3.46. The van der Waals surface area contributed by atoms with Crippen molar-refractivity contribution >= 4 is 22.6 Å². The van der Waals surface area contributed by atoms with Crippen LogP contribution >= 0.6 is 22.6 Å². The minimum Gasteiger partial charge on any atom is -0.399 e. The second kappa shape index (κ2) is 3.71. The van der Waals surface area contributed by atoms with E-state index in [4.69, 9.17) is 5.73 Å². The van der Waals surface area contributed by atoms with E-state index >= 15 is 0 Å². The molecule has 84 valence electrons. The topological polar surface area (TPSA) is 26.0 Å². The Morgan fingerprint density at radius 3 is 2.60 bits per heavy atom. The van der Waals surface area contributed by atoms with Crippen LogP contribution in [-0.4, -0.2) is 3.93 Å². The van der Waals surface area contributed by atoms with Crippen LogP contribution in [0.3, 0.4) is 0 Å². The molecule has 0 spiro atoms. The Kier molecular flexibility index (Phi) is 2.81. The lowest BCUT2D eigenvalue weighted by Gasteiger charge is -2.44. The van der Waals surface area contributed by atoms with Gasteiger partial charge in [0.1, 0.15) is 0 Å². The van der Waals surface area contributed by atoms with Crippen LogP contribution in [0.2, 0.25) is 0 Å². The molecule has 1 saturated carbocycles. The molecule has 0 aromatic rings. The lowest BCUT2D eigenvalue weighted by molar-refractivity contribution is 0.0397. The number of fused-ring (bicyclic) bond motifs is 1. The van der Waals surface area contributed by atoms with E-state index in [0.717, 1.165) is 18.4 Å². The highest BCUT2D eigenvalue weighted by Crippen LogP contribution is 2.52. The van der Waals surface area contributed by atoms with Gasteiger partial charge in [-0.25, -0.2) is 0 Å². The van der Waals surface area contributed by atoms with Gasteiger partial charge in [0.05, 0.1) is 5.92 Å². The molecule has 0 radical (unpaired) electrons. The SMILES string of the molecule is C=C(N)C1=CC(C(F)(F)I)C[C@H]2CCC12. The highest BCUT2D eigenvalue weighted by molar-refractivity contribution is 14.1. The molecule has 2 aliphatic rings. The van der Waals surface area contributed by atoms with Gasteiger partial charge in [-0.2, -0.15) is 8.78 Å². The molecule has 15 heavy (non-hydrogen) atoms. The highest BCUT2D eigenvalue weighted by Gasteiger charge is 2.45. The monoisotopic (exact) mass is 325 g/mol. The van der Waals surface area contributed by atoms with E-state index in [9.17, 15) is 8.78 Å². The van der Waals surface area contributed by atoms with E-state index in [1.54, 1.807) is 6.08 Å². The van der Waals surface area contributed by atoms with Crippen LogP contribution in [0.1, 0.15) is 19.3 Å². The van der Waals surface area contributed by atoms with Gasteiger partial charge in [0.2, 0.25) is 0 Å². The zero-order valence-corrected chi connectivity index (χ0v) is 10.5. The Balaban J connectivity index is 2.26. The van der Waals surface area contributed by atoms with Gasteiger partial charge >= 0.3 is 3.93 Å². The van der Waals surface area contributed by atoms with Gasteiger partial charge < -0.3 is 5.73 Å². The molecule has 2 unspecified atom stereocenters. The highest BCUT2D eigenvalue weighted by atomic mass is 127. The first kappa shape index (κ1) is 11.4. The van der Waals surface area contributed by atoms with Gasteiger partial charge in [-0.3, -0.25) is 0 Å². The van der Waals surface area contributed by atoms with Crippen LogP contribution < -0.4 is 5.73 Å². The second-order valence-electron chi connectivity index (χ2n) is 4.47. The Labute approximate surface area is 102 Å². The normalized spacial score (nSPS) is 35.1. The molecule has 0 aromatic heterocycles. The Bertz CT molecular complexity index is 319. The largest absolute Gasteiger partial charge is 0.399 e. The fourth-order valence-electron chi connectivity index (χ4n) is 2.57. The minimum atomic E-state index is -2.67. The summed E-state index contributed by atoms with van der Waals surface area (Å²) in [6, 6.07) is 0. The first-order chi connectivity index (χ1) is 6.89. The van der Waals surface area contributed by atoms with Crippen LogP contribution in [0, 0.1) is 17.8 Å². The zero-order chi connectivity index (χ0) is 11.2. The van der Waals surface area contributed by atoms with E-state index in [1.807, 2.05) is 0 Å². The quantitative estimate of drug-likeness (QED) is 0.611. The number of rotatable bonds is 2. The van der Waals surface area contributed by atoms with Gasteiger partial charge in [-0.05, 0) is 59.3 Å². The maximum atomic E-state index is 13.2. The molecule has 3 atom stereocenters. The molecule has 1 nitrogen and oxygen atoms in total. The van der Waals surface area contributed by atoms with Crippen LogP contribution in [0.25, 0.3) is 0 Å². The lowest BCUT2D eigenvalue weighted by Crippen LogP contribution is -2.38. The van der Waals surface area contributed by atoms with Crippen molar-refractivity contribution in [2.75, 3.05) is 0 Å². The van der Waals surface area contributed by atoms with Crippen molar-refractivity contribution in [3.8, 4) is 0 Å². The molecule has 0 bridgehead atoms. The molecular formula is C11H14F2IN. The summed E-state index contributed by atoms with van der Waals surface area (Å²) in [5, 5.41) is 0. The Hall–Kier alpha value is -0.130. The van der Waals surface area contributed by atoms with E-state index in [-0.39, 0.29) is 0 Å². The summed E-state index contributed by atoms with van der Waals surface area (Å²) in [5.41, 5.74) is 6.99. The fraction of sp³-hybridized carbons (Fsp3) is 0.636. The van der Waals surface area contributed by atoms with Gasteiger partial charge in [-0.15, -0.1) is 0 Å². The summed E-state index contributed by atoms with van der Waals surface area (Å²) >= 11 is 1.22. The first-order valence-electron chi connectivity index (χ1n) is 5.12. The van der Waals surface area contributed by atoms with Crippen molar-refractivity contribution in [1.82, 2.24) is 0 Å². The number of hydrogen-bond donors (Lipinski definition) is 1. The molecule has 0 heterocycles. The van der Waals surface area contributed by atoms with Crippen molar-refractivity contribution in [2.24, 2.45) is 23.5 Å². The smallest absolute Gasteiger partial charge is 0.302 e. The van der Waals surface area contributed by atoms with Crippen molar-refractivity contribution in [1.29, 1.82) is 0 Å². The summed E-state index contributed by atoms with van der Waals surface area (Å²) in [7, 11) is 0. The van der Waals surface area contributed by atoms with Crippen LogP contribution in [0.4, 0.5) is 8.78 Å². The van der Waals surface area contributed by atoms with Gasteiger partial charge in [0, 0.05) is 5.70 Å². The summed E-state index contributed by atoms with van der Waals surface area (Å²) in [6.07, 6.45) is 4.37. The van der Waals surface area contributed by atoms with E-state index < -0.39 is 9.85 Å². The number of nitrogens with two attached hydrogens (primary N) is 1. The average Bonchev–Trinajstić information content (AvgIpc) is 2.03. The maximum Gasteiger partial charge on any atom is 0.302 e. The third kappa shape index (κ3) is 2.05. The third-order valence-corrected chi connectivity index (χ3v) is 4.35. The van der Waals surface area contributed by atoms with Gasteiger partial charge in [0.15, 0.2) is 0 Å². The standard InChI is InChI=1S/C11H14F2IN/c1-6(15)10-5-8(11(12,13)14)4-7-2-3-9(7)10/h5,7-9H,1-4,15H2/t7-,8?,9?/m1/s1. The van der Waals surface area contributed by atoms with Crippen molar-refractivity contribution in [3.05, 3.63) is 23.9 Å². The van der Waals surface area contributed by atoms with Gasteiger partial charge in [-0.1, -0.05) is 12.7 Å². The molecular weight excluding hydrogens is 311 g/mol. The Morgan fingerprint density at radius 2 is 2.20 bits per heavy atom. The maximum absolute atomic E-state index is 13.2. The van der Waals surface area contributed by atoms with Crippen molar-refractivity contribution in [2.45, 2.75) is 23.2 Å². The van der Waals surface area contributed by atoms with E-state index in [0.29, 0.717) is 24.0 Å². The van der Waals surface area contributed by atoms with E-state index in [2.05, 4.69) is 6.58 Å². The molecule has 2 rings (SSSR count). The van der Waals surface area contributed by atoms with Crippen molar-refractivity contribution in [3.63, 3.8) is 0 Å². The molecule has 0 saturated heterocycles. The molecule has 4 heteroatoms. The predicted molar refractivity (Wildman–Crippen MR) is 64.7 cm³/mol. The molecule has 0 aromatic carbocycles. The summed E-state index contributed by atoms with van der Waals surface area (Å²) in [4.78, 5) is 0. The zero-order valence-electron chi connectivity index (χ0n) is 8.35. The average molecular weight is 325 g/mol. The van der Waals surface area contributed by atoms with Crippen LogP contribution in [-0.2, 0) is 0 Å². The fourth-order valence-corrected chi connectivity index (χ4v) is 3.00. The first-order valence-corrected chi connectivity index (χ1v) is 6.20. The molecule has 1 fully saturated rings. The number of halogens is 3. The second-order valence-corrected chi connectivity index (χ2v) is 5.91. The summed E-state index contributed by atoms with van der Waals surface area (Å²) < 4.78 is 23.8. The molecule has 0 amide bonds. The molecule has 2 aliphatic carbocycles. The van der Waals surface area contributed by atoms with Crippen LogP contribution in [0.5, 0.6) is 0 Å². The minimum absolute atomic E-state index is 0.399. The number of allylic oxidation sites excluding steroid dienone is 2. The summed E-state index contributed by atoms with van der Waals surface area (Å²) in [5.74, 6) is 0.128. The lowest BCUT2D eigenvalue weighted by atomic mass is 9.62. The van der Waals surface area contributed by atoms with E-state index in [1.165, 1.54) is 22.6 Å². The molecule has 0 aliphatic heterocycles. The third-order valence-electron chi connectivity index (χ3n) is 3.55. The summed E-state index contributed by atoms with van der Waals surface area (Å²) in [6.45, 7) is 3.68. The van der Waals surface area contributed by atoms with Crippen molar-refractivity contribution < 1.29 is 8.78 Å². The number of alkyl halides is 3. The van der Waals surface area contributed by atoms with Gasteiger partial charge in [0.25, 0.3) is 0 Å². The van der Waals surface area contributed by atoms with Crippen LogP contribution in [0.15, 0.2) is 23.9 Å². The molecule has 2 N–H and O–H groups in total. The Morgan fingerprint density at radius 1 is 1.53 bits per heavy atom. The number of hydrogen-bond acceptors (Lipinski definition) is 1.